The second-order valence-corrected chi connectivity index (χ2v) is 12.6. The summed E-state index contributed by atoms with van der Waals surface area (Å²) in [6, 6.07) is 6.39. The number of aliphatic hydroxyl groups excluding tert-OH is 1. The maximum absolute atomic E-state index is 13.8. The molecule has 13 heteroatoms. The number of ether oxygens (including phenoxy) is 3. The number of aryl methyl sites for hydroxylation is 1. The van der Waals surface area contributed by atoms with Crippen LogP contribution >= 0.6 is 11.3 Å². The number of carbonyl (C=O) groups excluding carboxylic acids is 2. The van der Waals surface area contributed by atoms with Gasteiger partial charge in [-0.1, -0.05) is 51.6 Å². The fourth-order valence-corrected chi connectivity index (χ4v) is 5.53. The van der Waals surface area contributed by atoms with Crippen molar-refractivity contribution in [1.29, 1.82) is 0 Å². The number of nitrogens with one attached hydrogen (secondary N) is 2. The van der Waals surface area contributed by atoms with Crippen LogP contribution in [0.3, 0.4) is 0 Å². The van der Waals surface area contributed by atoms with Crippen LogP contribution in [0.2, 0.25) is 0 Å². The molecule has 2 aromatic rings. The largest absolute Gasteiger partial charge is 0.480 e. The molecule has 0 bridgehead atoms. The highest BCUT2D eigenvalue weighted by Gasteiger charge is 2.44. The van der Waals surface area contributed by atoms with E-state index in [2.05, 4.69) is 22.2 Å². The molecule has 1 aliphatic heterocycles. The summed E-state index contributed by atoms with van der Waals surface area (Å²) in [5.41, 5.74) is 4.73. The first-order valence-electron chi connectivity index (χ1n) is 14.5. The summed E-state index contributed by atoms with van der Waals surface area (Å²) in [4.78, 5) is 44.3. The van der Waals surface area contributed by atoms with E-state index in [0.29, 0.717) is 12.2 Å². The van der Waals surface area contributed by atoms with Crippen molar-refractivity contribution in [2.45, 2.75) is 58.8 Å². The second-order valence-electron chi connectivity index (χ2n) is 11.7. The number of nitrogens with zero attached hydrogens (tertiary/aromatic N) is 2. The van der Waals surface area contributed by atoms with Gasteiger partial charge in [-0.3, -0.25) is 9.59 Å². The molecule has 0 saturated carbocycles. The summed E-state index contributed by atoms with van der Waals surface area (Å²) in [7, 11) is 0. The summed E-state index contributed by atoms with van der Waals surface area (Å²) in [5.74, 6) is -1.66. The van der Waals surface area contributed by atoms with Crippen LogP contribution in [-0.2, 0) is 35.1 Å². The van der Waals surface area contributed by atoms with Crippen molar-refractivity contribution >= 4 is 29.1 Å². The number of aromatic nitrogens is 1. The third kappa shape index (κ3) is 10.7. The Labute approximate surface area is 262 Å². The van der Waals surface area contributed by atoms with Gasteiger partial charge in [-0.15, -0.1) is 11.3 Å². The average Bonchev–Trinajstić information content (AvgIpc) is 3.58. The maximum Gasteiger partial charge on any atom is 0.329 e. The summed E-state index contributed by atoms with van der Waals surface area (Å²) in [5, 5.41) is 25.1. The molecule has 44 heavy (non-hydrogen) atoms. The van der Waals surface area contributed by atoms with E-state index in [1.807, 2.05) is 57.5 Å². The highest BCUT2D eigenvalue weighted by atomic mass is 32.1. The van der Waals surface area contributed by atoms with E-state index in [9.17, 15) is 19.5 Å². The van der Waals surface area contributed by atoms with E-state index in [-0.39, 0.29) is 64.4 Å². The molecule has 3 rings (SSSR count). The fraction of sp³-hybridized carbons (Fsp3) is 0.548. The Kier molecular flexibility index (Phi) is 13.3. The molecule has 4 N–H and O–H groups in total. The molecule has 1 aromatic heterocycles. The van der Waals surface area contributed by atoms with Gasteiger partial charge >= 0.3 is 5.97 Å². The Hall–Kier alpha value is -3.36. The SMILES string of the molecule is C=C(COCCOCCOCC(=O)O)N[C@H](C(=O)N1C[C@H](O)C[C@H]1C(=O)NCc1ccc(-c2scnc2C)cc1)C(C)(C)C. The molecule has 2 amide bonds. The Balaban J connectivity index is 1.50. The lowest BCUT2D eigenvalue weighted by atomic mass is 9.85. The third-order valence-electron chi connectivity index (χ3n) is 7.00. The van der Waals surface area contributed by atoms with Gasteiger partial charge in [0.05, 0.1) is 55.2 Å². The number of carboxylic acid groups (broad SMARTS) is 1. The van der Waals surface area contributed by atoms with E-state index in [4.69, 9.17) is 19.3 Å². The molecule has 0 aliphatic carbocycles. The monoisotopic (exact) mass is 632 g/mol. The molecule has 1 saturated heterocycles. The predicted molar refractivity (Wildman–Crippen MR) is 166 cm³/mol. The zero-order valence-electron chi connectivity index (χ0n) is 25.8. The fourth-order valence-electron chi connectivity index (χ4n) is 4.72. The molecule has 1 fully saturated rings. The minimum atomic E-state index is -1.04. The molecule has 3 atom stereocenters. The summed E-state index contributed by atoms with van der Waals surface area (Å²) >= 11 is 1.58. The van der Waals surface area contributed by atoms with Crippen molar-refractivity contribution in [3.8, 4) is 10.4 Å². The molecule has 12 nitrogen and oxygen atoms in total. The van der Waals surface area contributed by atoms with Crippen LogP contribution in [0.25, 0.3) is 10.4 Å². The van der Waals surface area contributed by atoms with Crippen molar-refractivity contribution in [2.24, 2.45) is 5.41 Å². The molecular formula is C31H44N4O8S. The Bertz CT molecular complexity index is 1260. The minimum Gasteiger partial charge on any atom is -0.480 e. The zero-order chi connectivity index (χ0) is 32.3. The lowest BCUT2D eigenvalue weighted by Crippen LogP contribution is -2.56. The second kappa shape index (κ2) is 16.6. The van der Waals surface area contributed by atoms with Gasteiger partial charge in [-0.05, 0) is 23.5 Å². The number of aliphatic carboxylic acids is 1. The Morgan fingerprint density at radius 1 is 1.09 bits per heavy atom. The first-order chi connectivity index (χ1) is 20.9. The van der Waals surface area contributed by atoms with Crippen LogP contribution in [0.4, 0.5) is 0 Å². The van der Waals surface area contributed by atoms with Gasteiger partial charge in [-0.2, -0.15) is 0 Å². The molecule has 2 heterocycles. The van der Waals surface area contributed by atoms with Crippen LogP contribution in [0, 0.1) is 12.3 Å². The van der Waals surface area contributed by atoms with Crippen LogP contribution in [0.1, 0.15) is 38.4 Å². The van der Waals surface area contributed by atoms with Crippen molar-refractivity contribution in [2.75, 3.05) is 46.2 Å². The molecule has 0 radical (unpaired) electrons. The summed E-state index contributed by atoms with van der Waals surface area (Å²) in [6.07, 6.45) is -0.651. The normalized spacial score (nSPS) is 17.3. The molecule has 242 valence electrons. The number of thiazole rings is 1. The predicted octanol–water partition coefficient (Wildman–Crippen LogP) is 2.35. The smallest absolute Gasteiger partial charge is 0.329 e. The van der Waals surface area contributed by atoms with Gasteiger partial charge in [0.1, 0.15) is 18.7 Å². The van der Waals surface area contributed by atoms with Crippen molar-refractivity contribution in [1.82, 2.24) is 20.5 Å². The third-order valence-corrected chi connectivity index (χ3v) is 7.98. The number of amides is 2. The van der Waals surface area contributed by atoms with E-state index in [1.54, 1.807) is 11.3 Å². The quantitative estimate of drug-likeness (QED) is 0.191. The van der Waals surface area contributed by atoms with E-state index in [1.165, 1.54) is 4.90 Å². The van der Waals surface area contributed by atoms with E-state index < -0.39 is 29.6 Å². The van der Waals surface area contributed by atoms with Gasteiger partial charge in [0.15, 0.2) is 0 Å². The number of likely N-dealkylation sites (tertiary alicyclic amines) is 1. The molecule has 1 aromatic carbocycles. The number of benzene rings is 1. The topological polar surface area (TPSA) is 160 Å². The van der Waals surface area contributed by atoms with Gasteiger partial charge in [-0.25, -0.2) is 9.78 Å². The van der Waals surface area contributed by atoms with Gasteiger partial charge < -0.3 is 40.0 Å². The standard InChI is InChI=1S/C31H44N4O8S/c1-20(17-42-12-10-41-11-13-43-18-26(37)38)34-28(31(3,4)5)30(40)35-16-24(36)14-25(35)29(39)32-15-22-6-8-23(9-7-22)27-21(2)33-19-44-27/h6-9,19,24-25,28,34,36H,1,10-18H2,2-5H3,(H,32,39)(H,37,38)/t24-,25+,28-/m1/s1. The van der Waals surface area contributed by atoms with Gasteiger partial charge in [0.2, 0.25) is 11.8 Å². The van der Waals surface area contributed by atoms with Crippen molar-refractivity contribution in [3.05, 3.63) is 53.3 Å². The van der Waals surface area contributed by atoms with Crippen molar-refractivity contribution in [3.63, 3.8) is 0 Å². The number of carboxylic acids is 1. The lowest BCUT2D eigenvalue weighted by Gasteiger charge is -2.36. The van der Waals surface area contributed by atoms with Gasteiger partial charge in [0, 0.05) is 25.2 Å². The Morgan fingerprint density at radius 3 is 2.32 bits per heavy atom. The Morgan fingerprint density at radius 2 is 1.73 bits per heavy atom. The highest BCUT2D eigenvalue weighted by Crippen LogP contribution is 2.28. The number of hydrogen-bond acceptors (Lipinski definition) is 10. The summed E-state index contributed by atoms with van der Waals surface area (Å²) in [6.45, 7) is 12.8. The van der Waals surface area contributed by atoms with Crippen LogP contribution in [0.15, 0.2) is 42.1 Å². The highest BCUT2D eigenvalue weighted by molar-refractivity contribution is 7.13. The number of aliphatic hydroxyl groups is 1. The van der Waals surface area contributed by atoms with Crippen LogP contribution in [-0.4, -0.2) is 102 Å². The lowest BCUT2D eigenvalue weighted by molar-refractivity contribution is -0.143. The first kappa shape index (κ1) is 35.1. The number of carbonyl (C=O) groups is 3. The molecule has 0 unspecified atom stereocenters. The van der Waals surface area contributed by atoms with Gasteiger partial charge in [0.25, 0.3) is 0 Å². The first-order valence-corrected chi connectivity index (χ1v) is 15.4. The number of β-amino-alcohol motifs (C(OH)–C–C–N with tert-alkyl or cyclic N) is 1. The summed E-state index contributed by atoms with van der Waals surface area (Å²) < 4.78 is 15.8. The van der Waals surface area contributed by atoms with E-state index >= 15 is 0 Å². The minimum absolute atomic E-state index is 0.0601. The van der Waals surface area contributed by atoms with Crippen LogP contribution < -0.4 is 10.6 Å². The van der Waals surface area contributed by atoms with Crippen molar-refractivity contribution < 1.29 is 38.8 Å². The molecule has 1 aliphatic rings. The number of rotatable bonds is 17. The van der Waals surface area contributed by atoms with Crippen LogP contribution in [0.5, 0.6) is 0 Å². The molecular weight excluding hydrogens is 588 g/mol. The van der Waals surface area contributed by atoms with E-state index in [0.717, 1.165) is 21.7 Å². The maximum atomic E-state index is 13.8. The zero-order valence-corrected chi connectivity index (χ0v) is 26.7. The average molecular weight is 633 g/mol. The number of hydrogen-bond donors (Lipinski definition) is 4. The molecule has 0 spiro atoms.